The summed E-state index contributed by atoms with van der Waals surface area (Å²) in [4.78, 5) is 10.8. The minimum atomic E-state index is -0.854. The van der Waals surface area contributed by atoms with E-state index in [0.29, 0.717) is 25.3 Å². The number of aliphatic carboxylic acids is 1. The number of hydrogen-bond acceptors (Lipinski definition) is 4. The summed E-state index contributed by atoms with van der Waals surface area (Å²) in [6.45, 7) is 3.06. The van der Waals surface area contributed by atoms with Crippen molar-refractivity contribution < 1.29 is 14.6 Å². The van der Waals surface area contributed by atoms with Crippen LogP contribution in [0.5, 0.6) is 0 Å². The van der Waals surface area contributed by atoms with Gasteiger partial charge in [0.2, 0.25) is 0 Å². The van der Waals surface area contributed by atoms with E-state index in [4.69, 9.17) is 9.84 Å². The molecule has 0 aliphatic heterocycles. The number of nitrogens with zero attached hydrogens (tertiary/aromatic N) is 2. The molecule has 2 N–H and O–H groups in total. The largest absolute Gasteiger partial charge is 0.480 e. The summed E-state index contributed by atoms with van der Waals surface area (Å²) in [7, 11) is 1.63. The molecule has 1 aromatic rings. The average Bonchev–Trinajstić information content (AvgIpc) is 2.70. The van der Waals surface area contributed by atoms with E-state index in [-0.39, 0.29) is 0 Å². The molecule has 6 nitrogen and oxygen atoms in total. The Balaban J connectivity index is 2.53. The number of methoxy groups -OCH3 is 1. The van der Waals surface area contributed by atoms with Gasteiger partial charge in [-0.1, -0.05) is 6.92 Å². The Morgan fingerprint density at radius 3 is 3.06 bits per heavy atom. The van der Waals surface area contributed by atoms with Crippen LogP contribution in [0.3, 0.4) is 0 Å². The molecule has 0 saturated heterocycles. The summed E-state index contributed by atoms with van der Waals surface area (Å²) in [5.74, 6) is -0.854. The third kappa shape index (κ3) is 3.54. The summed E-state index contributed by atoms with van der Waals surface area (Å²) in [6.07, 6.45) is 3.91. The Labute approximate surface area is 94.2 Å². The van der Waals surface area contributed by atoms with Crippen LogP contribution in [0.1, 0.15) is 13.3 Å². The van der Waals surface area contributed by atoms with Crippen molar-refractivity contribution in [1.29, 1.82) is 0 Å². The van der Waals surface area contributed by atoms with Crippen molar-refractivity contribution in [3.8, 4) is 0 Å². The van der Waals surface area contributed by atoms with Gasteiger partial charge in [0.1, 0.15) is 6.04 Å². The van der Waals surface area contributed by atoms with E-state index in [2.05, 4.69) is 10.4 Å². The first-order valence-corrected chi connectivity index (χ1v) is 5.18. The van der Waals surface area contributed by atoms with Gasteiger partial charge in [-0.15, -0.1) is 0 Å². The van der Waals surface area contributed by atoms with E-state index in [0.717, 1.165) is 0 Å². The first kappa shape index (κ1) is 12.5. The van der Waals surface area contributed by atoms with Crippen molar-refractivity contribution in [1.82, 2.24) is 9.78 Å². The van der Waals surface area contributed by atoms with Crippen LogP contribution in [-0.2, 0) is 16.1 Å². The molecule has 6 heteroatoms. The fraction of sp³-hybridized carbons (Fsp3) is 0.600. The van der Waals surface area contributed by atoms with Gasteiger partial charge in [-0.2, -0.15) is 5.10 Å². The quantitative estimate of drug-likeness (QED) is 0.720. The van der Waals surface area contributed by atoms with Gasteiger partial charge in [0.15, 0.2) is 0 Å². The molecule has 0 radical (unpaired) electrons. The zero-order valence-electron chi connectivity index (χ0n) is 9.51. The van der Waals surface area contributed by atoms with Gasteiger partial charge < -0.3 is 15.2 Å². The Kier molecular flexibility index (Phi) is 4.78. The summed E-state index contributed by atoms with van der Waals surface area (Å²) in [5, 5.41) is 15.9. The number of hydrogen-bond donors (Lipinski definition) is 2. The number of ether oxygens (including phenoxy) is 1. The fourth-order valence-corrected chi connectivity index (χ4v) is 1.28. The molecule has 1 unspecified atom stereocenters. The first-order chi connectivity index (χ1) is 7.67. The standard InChI is InChI=1S/C10H17N3O3/c1-3-9(10(14)15)12-8-6-11-13(7-8)4-5-16-2/h6-7,9,12H,3-5H2,1-2H3,(H,14,15). The van der Waals surface area contributed by atoms with Gasteiger partial charge in [-0.25, -0.2) is 4.79 Å². The van der Waals surface area contributed by atoms with Crippen LogP contribution >= 0.6 is 0 Å². The maximum absolute atomic E-state index is 10.8. The van der Waals surface area contributed by atoms with Crippen molar-refractivity contribution in [3.05, 3.63) is 12.4 Å². The topological polar surface area (TPSA) is 76.4 Å². The minimum absolute atomic E-state index is 0.526. The molecule has 0 saturated carbocycles. The van der Waals surface area contributed by atoms with Gasteiger partial charge in [0.05, 0.1) is 25.0 Å². The van der Waals surface area contributed by atoms with Gasteiger partial charge in [-0.05, 0) is 6.42 Å². The lowest BCUT2D eigenvalue weighted by Gasteiger charge is -2.10. The zero-order valence-corrected chi connectivity index (χ0v) is 9.51. The van der Waals surface area contributed by atoms with E-state index in [1.165, 1.54) is 0 Å². The Morgan fingerprint density at radius 1 is 1.75 bits per heavy atom. The minimum Gasteiger partial charge on any atom is -0.480 e. The van der Waals surface area contributed by atoms with Crippen LogP contribution in [-0.4, -0.2) is 40.6 Å². The van der Waals surface area contributed by atoms with Crippen LogP contribution in [0, 0.1) is 0 Å². The average molecular weight is 227 g/mol. The van der Waals surface area contributed by atoms with Crippen molar-refractivity contribution in [2.75, 3.05) is 19.0 Å². The highest BCUT2D eigenvalue weighted by Crippen LogP contribution is 2.08. The second-order valence-electron chi connectivity index (χ2n) is 3.43. The van der Waals surface area contributed by atoms with Crippen LogP contribution in [0.25, 0.3) is 0 Å². The normalized spacial score (nSPS) is 12.4. The highest BCUT2D eigenvalue weighted by atomic mass is 16.5. The molecule has 0 spiro atoms. The van der Waals surface area contributed by atoms with E-state index < -0.39 is 12.0 Å². The molecule has 90 valence electrons. The molecule has 0 aliphatic rings. The number of carboxylic acid groups (broad SMARTS) is 1. The smallest absolute Gasteiger partial charge is 0.326 e. The zero-order chi connectivity index (χ0) is 12.0. The molecule has 1 heterocycles. The van der Waals surface area contributed by atoms with Gasteiger partial charge in [0.25, 0.3) is 0 Å². The monoisotopic (exact) mass is 227 g/mol. The number of nitrogens with one attached hydrogen (secondary N) is 1. The van der Waals surface area contributed by atoms with Gasteiger partial charge in [0, 0.05) is 13.3 Å². The van der Waals surface area contributed by atoms with Crippen LogP contribution < -0.4 is 5.32 Å². The van der Waals surface area contributed by atoms with E-state index in [9.17, 15) is 4.79 Å². The lowest BCUT2D eigenvalue weighted by molar-refractivity contribution is -0.137. The second kappa shape index (κ2) is 6.12. The van der Waals surface area contributed by atoms with Gasteiger partial charge >= 0.3 is 5.97 Å². The number of anilines is 1. The molecule has 16 heavy (non-hydrogen) atoms. The molecule has 1 aromatic heterocycles. The molecule has 1 atom stereocenters. The lowest BCUT2D eigenvalue weighted by Crippen LogP contribution is -2.28. The Bertz CT molecular complexity index is 338. The molecular formula is C10H17N3O3. The van der Waals surface area contributed by atoms with Crippen molar-refractivity contribution in [3.63, 3.8) is 0 Å². The third-order valence-corrected chi connectivity index (χ3v) is 2.20. The van der Waals surface area contributed by atoms with E-state index in [1.807, 2.05) is 6.92 Å². The lowest BCUT2D eigenvalue weighted by atomic mass is 10.2. The highest BCUT2D eigenvalue weighted by Gasteiger charge is 2.14. The molecule has 0 aromatic carbocycles. The predicted molar refractivity (Wildman–Crippen MR) is 59.4 cm³/mol. The Morgan fingerprint density at radius 2 is 2.50 bits per heavy atom. The molecule has 0 aliphatic carbocycles. The molecule has 0 fully saturated rings. The van der Waals surface area contributed by atoms with Crippen LogP contribution in [0.2, 0.25) is 0 Å². The maximum Gasteiger partial charge on any atom is 0.326 e. The van der Waals surface area contributed by atoms with Crippen LogP contribution in [0.15, 0.2) is 12.4 Å². The summed E-state index contributed by atoms with van der Waals surface area (Å²) < 4.78 is 6.63. The highest BCUT2D eigenvalue weighted by molar-refractivity contribution is 5.76. The second-order valence-corrected chi connectivity index (χ2v) is 3.43. The van der Waals surface area contributed by atoms with Crippen molar-refractivity contribution >= 4 is 11.7 Å². The number of carboxylic acids is 1. The summed E-state index contributed by atoms with van der Waals surface area (Å²) >= 11 is 0. The Hall–Kier alpha value is -1.56. The fourth-order valence-electron chi connectivity index (χ4n) is 1.28. The third-order valence-electron chi connectivity index (χ3n) is 2.20. The van der Waals surface area contributed by atoms with Crippen molar-refractivity contribution in [2.45, 2.75) is 25.9 Å². The summed E-state index contributed by atoms with van der Waals surface area (Å²) in [6, 6.07) is -0.569. The first-order valence-electron chi connectivity index (χ1n) is 5.18. The molecule has 0 amide bonds. The predicted octanol–water partition coefficient (Wildman–Crippen LogP) is 0.805. The van der Waals surface area contributed by atoms with Crippen molar-refractivity contribution in [2.24, 2.45) is 0 Å². The van der Waals surface area contributed by atoms with Crippen LogP contribution in [0.4, 0.5) is 5.69 Å². The van der Waals surface area contributed by atoms with E-state index >= 15 is 0 Å². The maximum atomic E-state index is 10.8. The summed E-state index contributed by atoms with van der Waals surface area (Å²) in [5.41, 5.74) is 0.713. The number of carbonyl (C=O) groups is 1. The van der Waals surface area contributed by atoms with Gasteiger partial charge in [-0.3, -0.25) is 4.68 Å². The molecule has 0 bridgehead atoms. The van der Waals surface area contributed by atoms with E-state index in [1.54, 1.807) is 24.2 Å². The number of rotatable bonds is 7. The molecular weight excluding hydrogens is 210 g/mol. The molecule has 1 rings (SSSR count). The number of aromatic nitrogens is 2. The SMILES string of the molecule is CCC(Nc1cnn(CCOC)c1)C(=O)O.